The lowest BCUT2D eigenvalue weighted by Crippen LogP contribution is -2.41. The Hall–Kier alpha value is -0.0800. The van der Waals surface area contributed by atoms with Gasteiger partial charge < -0.3 is 5.32 Å². The van der Waals surface area contributed by atoms with Crippen LogP contribution in [0.3, 0.4) is 0 Å². The fourth-order valence-electron chi connectivity index (χ4n) is 2.33. The van der Waals surface area contributed by atoms with Crippen molar-refractivity contribution in [2.24, 2.45) is 0 Å². The van der Waals surface area contributed by atoms with E-state index in [-0.39, 0.29) is 0 Å². The molecule has 1 atom stereocenters. The molecule has 1 fully saturated rings. The molecule has 0 spiro atoms. The Balaban J connectivity index is 2.16. The maximum atomic E-state index is 3.57. The number of unbranched alkanes of at least 4 members (excludes halogenated alkanes) is 1. The van der Waals surface area contributed by atoms with Gasteiger partial charge in [0.25, 0.3) is 0 Å². The standard InChI is InChI=1S/C12H26N2/c1-4-5-8-13-10-12-7-6-9-14(12)11(2)3/h11-13H,4-10H2,1-3H3. The van der Waals surface area contributed by atoms with Crippen LogP contribution in [0.5, 0.6) is 0 Å². The lowest BCUT2D eigenvalue weighted by Gasteiger charge is -2.28. The van der Waals surface area contributed by atoms with Crippen molar-refractivity contribution in [3.63, 3.8) is 0 Å². The van der Waals surface area contributed by atoms with Crippen LogP contribution in [0, 0.1) is 0 Å². The average molecular weight is 198 g/mol. The van der Waals surface area contributed by atoms with Crippen LogP contribution in [-0.2, 0) is 0 Å². The summed E-state index contributed by atoms with van der Waals surface area (Å²) in [5.41, 5.74) is 0. The van der Waals surface area contributed by atoms with Gasteiger partial charge in [0.15, 0.2) is 0 Å². The van der Waals surface area contributed by atoms with Gasteiger partial charge in [-0.25, -0.2) is 0 Å². The Labute approximate surface area is 89.1 Å². The zero-order valence-corrected chi connectivity index (χ0v) is 10.1. The molecular weight excluding hydrogens is 172 g/mol. The summed E-state index contributed by atoms with van der Waals surface area (Å²) < 4.78 is 0. The Bertz CT molecular complexity index is 145. The van der Waals surface area contributed by atoms with E-state index in [4.69, 9.17) is 0 Å². The van der Waals surface area contributed by atoms with Crippen LogP contribution in [0.25, 0.3) is 0 Å². The van der Waals surface area contributed by atoms with Crippen molar-refractivity contribution in [1.82, 2.24) is 10.2 Å². The average Bonchev–Trinajstić information content (AvgIpc) is 2.60. The molecule has 1 heterocycles. The number of hydrogen-bond acceptors (Lipinski definition) is 2. The van der Waals surface area contributed by atoms with Crippen LogP contribution in [0.2, 0.25) is 0 Å². The third-order valence-electron chi connectivity index (χ3n) is 3.17. The van der Waals surface area contributed by atoms with E-state index in [9.17, 15) is 0 Å². The second kappa shape index (κ2) is 6.41. The van der Waals surface area contributed by atoms with Gasteiger partial charge in [0.1, 0.15) is 0 Å². The van der Waals surface area contributed by atoms with Gasteiger partial charge in [-0.3, -0.25) is 4.90 Å². The maximum Gasteiger partial charge on any atom is 0.0223 e. The van der Waals surface area contributed by atoms with E-state index < -0.39 is 0 Å². The summed E-state index contributed by atoms with van der Waals surface area (Å²) in [6.45, 7) is 10.6. The molecule has 84 valence electrons. The highest BCUT2D eigenvalue weighted by molar-refractivity contribution is 4.82. The van der Waals surface area contributed by atoms with E-state index in [1.807, 2.05) is 0 Å². The number of hydrogen-bond donors (Lipinski definition) is 1. The minimum absolute atomic E-state index is 0.718. The predicted molar refractivity (Wildman–Crippen MR) is 62.6 cm³/mol. The highest BCUT2D eigenvalue weighted by Crippen LogP contribution is 2.18. The highest BCUT2D eigenvalue weighted by Gasteiger charge is 2.25. The number of likely N-dealkylation sites (tertiary alicyclic amines) is 1. The first-order chi connectivity index (χ1) is 6.75. The van der Waals surface area contributed by atoms with Crippen molar-refractivity contribution < 1.29 is 0 Å². The number of nitrogens with zero attached hydrogens (tertiary/aromatic N) is 1. The minimum Gasteiger partial charge on any atom is -0.315 e. The quantitative estimate of drug-likeness (QED) is 0.659. The molecular formula is C12H26N2. The lowest BCUT2D eigenvalue weighted by atomic mass is 10.2. The zero-order valence-electron chi connectivity index (χ0n) is 10.1. The van der Waals surface area contributed by atoms with E-state index in [0.717, 1.165) is 12.1 Å². The van der Waals surface area contributed by atoms with Gasteiger partial charge in [0.05, 0.1) is 0 Å². The van der Waals surface area contributed by atoms with Gasteiger partial charge in [-0.15, -0.1) is 0 Å². The van der Waals surface area contributed by atoms with Crippen molar-refractivity contribution in [2.75, 3.05) is 19.6 Å². The molecule has 2 heteroatoms. The van der Waals surface area contributed by atoms with Crippen molar-refractivity contribution in [3.05, 3.63) is 0 Å². The summed E-state index contributed by atoms with van der Waals surface area (Å²) in [5.74, 6) is 0. The summed E-state index contributed by atoms with van der Waals surface area (Å²) in [4.78, 5) is 2.64. The Kier molecular flexibility index (Phi) is 5.49. The lowest BCUT2D eigenvalue weighted by molar-refractivity contribution is 0.200. The Morgan fingerprint density at radius 1 is 1.43 bits per heavy atom. The monoisotopic (exact) mass is 198 g/mol. The van der Waals surface area contributed by atoms with Gasteiger partial charge >= 0.3 is 0 Å². The molecule has 1 aliphatic rings. The molecule has 0 radical (unpaired) electrons. The molecule has 1 unspecified atom stereocenters. The summed E-state index contributed by atoms with van der Waals surface area (Å²) in [7, 11) is 0. The summed E-state index contributed by atoms with van der Waals surface area (Å²) >= 11 is 0. The topological polar surface area (TPSA) is 15.3 Å². The van der Waals surface area contributed by atoms with Crippen molar-refractivity contribution in [1.29, 1.82) is 0 Å². The van der Waals surface area contributed by atoms with Gasteiger partial charge in [0, 0.05) is 18.6 Å². The first-order valence-corrected chi connectivity index (χ1v) is 6.22. The molecule has 1 aliphatic heterocycles. The maximum absolute atomic E-state index is 3.57. The van der Waals surface area contributed by atoms with Crippen LogP contribution in [0.4, 0.5) is 0 Å². The molecule has 0 aliphatic carbocycles. The second-order valence-corrected chi connectivity index (χ2v) is 4.69. The fourth-order valence-corrected chi connectivity index (χ4v) is 2.33. The van der Waals surface area contributed by atoms with E-state index in [2.05, 4.69) is 31.0 Å². The fraction of sp³-hybridized carbons (Fsp3) is 1.00. The SMILES string of the molecule is CCCCNCC1CCCN1C(C)C. The molecule has 1 saturated heterocycles. The van der Waals surface area contributed by atoms with E-state index in [0.29, 0.717) is 0 Å². The largest absolute Gasteiger partial charge is 0.315 e. The van der Waals surface area contributed by atoms with Crippen LogP contribution in [0.15, 0.2) is 0 Å². The second-order valence-electron chi connectivity index (χ2n) is 4.69. The van der Waals surface area contributed by atoms with Crippen molar-refractivity contribution >= 4 is 0 Å². The van der Waals surface area contributed by atoms with Gasteiger partial charge in [-0.05, 0) is 46.2 Å². The summed E-state index contributed by atoms with van der Waals surface area (Å²) in [6.07, 6.45) is 5.38. The molecule has 0 bridgehead atoms. The third kappa shape index (κ3) is 3.58. The molecule has 0 saturated carbocycles. The predicted octanol–water partition coefficient (Wildman–Crippen LogP) is 2.25. The zero-order chi connectivity index (χ0) is 10.4. The summed E-state index contributed by atoms with van der Waals surface area (Å²) in [5, 5.41) is 3.57. The molecule has 2 nitrogen and oxygen atoms in total. The molecule has 1 rings (SSSR count). The first-order valence-electron chi connectivity index (χ1n) is 6.22. The van der Waals surface area contributed by atoms with Crippen LogP contribution in [-0.4, -0.2) is 36.6 Å². The first kappa shape index (κ1) is 12.0. The summed E-state index contributed by atoms with van der Waals surface area (Å²) in [6, 6.07) is 1.52. The Morgan fingerprint density at radius 2 is 2.21 bits per heavy atom. The molecule has 1 N–H and O–H groups in total. The molecule has 14 heavy (non-hydrogen) atoms. The van der Waals surface area contributed by atoms with Crippen LogP contribution >= 0.6 is 0 Å². The van der Waals surface area contributed by atoms with Gasteiger partial charge in [0.2, 0.25) is 0 Å². The number of rotatable bonds is 6. The van der Waals surface area contributed by atoms with Gasteiger partial charge in [-0.2, -0.15) is 0 Å². The minimum atomic E-state index is 0.718. The Morgan fingerprint density at radius 3 is 2.86 bits per heavy atom. The third-order valence-corrected chi connectivity index (χ3v) is 3.17. The van der Waals surface area contributed by atoms with Gasteiger partial charge in [-0.1, -0.05) is 13.3 Å². The van der Waals surface area contributed by atoms with E-state index in [1.165, 1.54) is 45.3 Å². The van der Waals surface area contributed by atoms with Crippen molar-refractivity contribution in [2.45, 2.75) is 58.5 Å². The molecule has 0 aromatic carbocycles. The molecule has 0 aromatic heterocycles. The highest BCUT2D eigenvalue weighted by atomic mass is 15.2. The number of nitrogens with one attached hydrogen (secondary N) is 1. The normalized spacial score (nSPS) is 23.6. The van der Waals surface area contributed by atoms with Crippen molar-refractivity contribution in [3.8, 4) is 0 Å². The van der Waals surface area contributed by atoms with Crippen LogP contribution < -0.4 is 5.32 Å². The van der Waals surface area contributed by atoms with Crippen LogP contribution in [0.1, 0.15) is 46.5 Å². The molecule has 0 amide bonds. The van der Waals surface area contributed by atoms with E-state index in [1.54, 1.807) is 0 Å². The molecule has 0 aromatic rings. The smallest absolute Gasteiger partial charge is 0.0223 e. The van der Waals surface area contributed by atoms with E-state index >= 15 is 0 Å².